The molecule has 1 aliphatic rings. The highest BCUT2D eigenvalue weighted by molar-refractivity contribution is 7.05. The van der Waals surface area contributed by atoms with Crippen molar-refractivity contribution in [1.82, 2.24) is 15.0 Å². The summed E-state index contributed by atoms with van der Waals surface area (Å²) < 4.78 is 4.09. The molecule has 0 amide bonds. The molecule has 0 aliphatic heterocycles. The Kier molecular flexibility index (Phi) is 4.10. The largest absolute Gasteiger partial charge is 0.271 e. The lowest BCUT2D eigenvalue weighted by Crippen LogP contribution is -2.30. The fourth-order valence-corrected chi connectivity index (χ4v) is 3.67. The summed E-state index contributed by atoms with van der Waals surface area (Å²) in [5, 5.41) is 4.21. The Morgan fingerprint density at radius 1 is 1.40 bits per heavy atom. The van der Waals surface area contributed by atoms with Crippen LogP contribution in [-0.2, 0) is 6.42 Å². The van der Waals surface area contributed by atoms with Crippen molar-refractivity contribution in [1.29, 1.82) is 0 Å². The highest BCUT2D eigenvalue weighted by Crippen LogP contribution is 2.41. The van der Waals surface area contributed by atoms with Gasteiger partial charge in [0.1, 0.15) is 0 Å². The maximum absolute atomic E-state index is 5.85. The van der Waals surface area contributed by atoms with Crippen molar-refractivity contribution in [2.75, 3.05) is 0 Å². The Morgan fingerprint density at radius 3 is 2.85 bits per heavy atom. The number of aromatic nitrogens is 2. The van der Waals surface area contributed by atoms with Crippen molar-refractivity contribution in [3.8, 4) is 0 Å². The zero-order valence-electron chi connectivity index (χ0n) is 11.7. The fourth-order valence-electron chi connectivity index (χ4n) is 2.85. The first kappa shape index (κ1) is 13.7. The zero-order valence-corrected chi connectivity index (χ0v) is 12.5. The monoisotopic (exact) mass is 288 g/mol. The predicted octanol–water partition coefficient (Wildman–Crippen LogP) is 2.92. The molecule has 1 aliphatic carbocycles. The molecule has 1 atom stereocenters. The van der Waals surface area contributed by atoms with E-state index in [0.717, 1.165) is 17.0 Å². The van der Waals surface area contributed by atoms with Gasteiger partial charge in [-0.2, -0.15) is 0 Å². The lowest BCUT2D eigenvalue weighted by molar-refractivity contribution is 0.414. The zero-order chi connectivity index (χ0) is 13.9. The highest BCUT2D eigenvalue weighted by atomic mass is 32.1. The third-order valence-electron chi connectivity index (χ3n) is 4.20. The Balaban J connectivity index is 2.01. The van der Waals surface area contributed by atoms with Crippen molar-refractivity contribution in [3.05, 3.63) is 46.0 Å². The van der Waals surface area contributed by atoms with E-state index < -0.39 is 0 Å². The Labute approximate surface area is 123 Å². The van der Waals surface area contributed by atoms with Crippen LogP contribution in [0.4, 0.5) is 0 Å². The summed E-state index contributed by atoms with van der Waals surface area (Å²) >= 11 is 1.44. The molecule has 1 saturated carbocycles. The van der Waals surface area contributed by atoms with Gasteiger partial charge in [-0.3, -0.25) is 5.84 Å². The number of nitrogens with two attached hydrogens (primary N) is 1. The molecule has 20 heavy (non-hydrogen) atoms. The number of nitrogens with zero attached hydrogens (tertiary/aromatic N) is 2. The van der Waals surface area contributed by atoms with Crippen LogP contribution >= 0.6 is 11.5 Å². The van der Waals surface area contributed by atoms with Gasteiger partial charge in [-0.25, -0.2) is 5.43 Å². The van der Waals surface area contributed by atoms with Crippen LogP contribution < -0.4 is 11.3 Å². The van der Waals surface area contributed by atoms with Gasteiger partial charge in [-0.15, -0.1) is 5.10 Å². The van der Waals surface area contributed by atoms with Crippen LogP contribution in [0.25, 0.3) is 0 Å². The highest BCUT2D eigenvalue weighted by Gasteiger charge is 2.27. The lowest BCUT2D eigenvalue weighted by Gasteiger charge is -2.30. The molecule has 1 heterocycles. The molecule has 2 aromatic rings. The summed E-state index contributed by atoms with van der Waals surface area (Å²) in [5.74, 6) is 6.54. The molecule has 0 saturated heterocycles. The molecule has 3 N–H and O–H groups in total. The van der Waals surface area contributed by atoms with Crippen molar-refractivity contribution >= 4 is 11.5 Å². The van der Waals surface area contributed by atoms with E-state index in [1.54, 1.807) is 0 Å². The molecule has 1 aromatic heterocycles. The minimum Gasteiger partial charge on any atom is -0.271 e. The summed E-state index contributed by atoms with van der Waals surface area (Å²) in [6.45, 7) is 2.10. The summed E-state index contributed by atoms with van der Waals surface area (Å²) in [6, 6.07) is 8.63. The first-order chi connectivity index (χ1) is 9.85. The number of aryl methyl sites for hydroxylation is 1. The number of rotatable bonds is 5. The number of hydrogen-bond acceptors (Lipinski definition) is 5. The summed E-state index contributed by atoms with van der Waals surface area (Å²) in [6.07, 6.45) is 4.80. The normalized spacial score (nSPS) is 16.9. The SMILES string of the molecule is CCc1nnsc1C(NN)c1ccccc1C1CCC1. The van der Waals surface area contributed by atoms with Gasteiger partial charge in [0, 0.05) is 0 Å². The Morgan fingerprint density at radius 2 is 2.20 bits per heavy atom. The van der Waals surface area contributed by atoms with Crippen LogP contribution in [-0.4, -0.2) is 9.59 Å². The molecule has 3 rings (SSSR count). The van der Waals surface area contributed by atoms with Gasteiger partial charge in [0.15, 0.2) is 0 Å². The lowest BCUT2D eigenvalue weighted by atomic mass is 9.77. The molecule has 4 nitrogen and oxygen atoms in total. The molecule has 1 aromatic carbocycles. The number of nitrogens with one attached hydrogen (secondary N) is 1. The maximum Gasteiger partial charge on any atom is 0.0840 e. The van der Waals surface area contributed by atoms with Crippen LogP contribution in [0, 0.1) is 0 Å². The molecular formula is C15H20N4S. The van der Waals surface area contributed by atoms with E-state index in [1.807, 2.05) is 0 Å². The molecule has 5 heteroatoms. The Hall–Kier alpha value is -1.30. The van der Waals surface area contributed by atoms with Gasteiger partial charge >= 0.3 is 0 Å². The van der Waals surface area contributed by atoms with Crippen LogP contribution in [0.5, 0.6) is 0 Å². The standard InChI is InChI=1S/C15H20N4S/c1-2-13-15(20-19-18-13)14(17-16)12-9-4-3-8-11(12)10-6-5-7-10/h3-4,8-10,14,17H,2,5-7,16H2,1H3. The summed E-state index contributed by atoms with van der Waals surface area (Å²) in [7, 11) is 0. The van der Waals surface area contributed by atoms with Crippen LogP contribution in [0.15, 0.2) is 24.3 Å². The second-order valence-corrected chi connectivity index (χ2v) is 6.08. The van der Waals surface area contributed by atoms with E-state index in [4.69, 9.17) is 5.84 Å². The first-order valence-electron chi connectivity index (χ1n) is 7.21. The molecular weight excluding hydrogens is 268 g/mol. The second kappa shape index (κ2) is 5.99. The molecule has 0 radical (unpaired) electrons. The van der Waals surface area contributed by atoms with E-state index in [1.165, 1.54) is 41.9 Å². The van der Waals surface area contributed by atoms with Crippen LogP contribution in [0.2, 0.25) is 0 Å². The average Bonchev–Trinajstić information content (AvgIpc) is 2.88. The van der Waals surface area contributed by atoms with Crippen LogP contribution in [0.1, 0.15) is 59.8 Å². The minimum atomic E-state index is 0.00162. The van der Waals surface area contributed by atoms with E-state index in [2.05, 4.69) is 46.2 Å². The quantitative estimate of drug-likeness (QED) is 0.656. The fraction of sp³-hybridized carbons (Fsp3) is 0.467. The molecule has 106 valence electrons. The third kappa shape index (κ3) is 2.37. The van der Waals surface area contributed by atoms with Gasteiger partial charge in [0.2, 0.25) is 0 Å². The van der Waals surface area contributed by atoms with Gasteiger partial charge in [-0.05, 0) is 47.8 Å². The maximum atomic E-state index is 5.85. The van der Waals surface area contributed by atoms with Crippen molar-refractivity contribution in [3.63, 3.8) is 0 Å². The summed E-state index contributed by atoms with van der Waals surface area (Å²) in [4.78, 5) is 1.14. The molecule has 1 fully saturated rings. The molecule has 1 unspecified atom stereocenters. The predicted molar refractivity (Wildman–Crippen MR) is 81.5 cm³/mol. The van der Waals surface area contributed by atoms with E-state index in [-0.39, 0.29) is 6.04 Å². The second-order valence-electron chi connectivity index (χ2n) is 5.29. The van der Waals surface area contributed by atoms with E-state index in [9.17, 15) is 0 Å². The van der Waals surface area contributed by atoms with Crippen molar-refractivity contribution in [2.45, 2.75) is 44.6 Å². The van der Waals surface area contributed by atoms with Gasteiger partial charge in [0.05, 0.1) is 16.6 Å². The molecule has 0 bridgehead atoms. The van der Waals surface area contributed by atoms with Crippen molar-refractivity contribution in [2.24, 2.45) is 5.84 Å². The van der Waals surface area contributed by atoms with Crippen LogP contribution in [0.3, 0.4) is 0 Å². The van der Waals surface area contributed by atoms with Crippen molar-refractivity contribution < 1.29 is 0 Å². The third-order valence-corrected chi connectivity index (χ3v) is 5.03. The minimum absolute atomic E-state index is 0.00162. The average molecular weight is 288 g/mol. The van der Waals surface area contributed by atoms with Gasteiger partial charge in [0.25, 0.3) is 0 Å². The number of hydrogen-bond donors (Lipinski definition) is 2. The summed E-state index contributed by atoms with van der Waals surface area (Å²) in [5.41, 5.74) is 6.72. The number of benzene rings is 1. The topological polar surface area (TPSA) is 63.8 Å². The smallest absolute Gasteiger partial charge is 0.0840 e. The van der Waals surface area contributed by atoms with E-state index >= 15 is 0 Å². The first-order valence-corrected chi connectivity index (χ1v) is 7.98. The number of hydrazine groups is 1. The van der Waals surface area contributed by atoms with Gasteiger partial charge < -0.3 is 0 Å². The van der Waals surface area contributed by atoms with E-state index in [0.29, 0.717) is 5.92 Å². The van der Waals surface area contributed by atoms with Gasteiger partial charge in [-0.1, -0.05) is 42.1 Å². The molecule has 0 spiro atoms. The Bertz CT molecular complexity index is 577.